The summed E-state index contributed by atoms with van der Waals surface area (Å²) in [6, 6.07) is 1.73. The SMILES string of the molecule is C[Si](C)(C)C#C[C@@H](O)c1ccoc1. The number of aliphatic hydroxyl groups is 1. The van der Waals surface area contributed by atoms with Crippen molar-refractivity contribution in [1.82, 2.24) is 0 Å². The van der Waals surface area contributed by atoms with Gasteiger partial charge in [-0.3, -0.25) is 0 Å². The Morgan fingerprint density at radius 2 is 2.15 bits per heavy atom. The summed E-state index contributed by atoms with van der Waals surface area (Å²) in [5.41, 5.74) is 3.83. The van der Waals surface area contributed by atoms with Gasteiger partial charge in [-0.15, -0.1) is 5.54 Å². The Balaban J connectivity index is 2.69. The van der Waals surface area contributed by atoms with E-state index in [1.54, 1.807) is 6.07 Å². The minimum Gasteiger partial charge on any atom is -0.472 e. The second-order valence-electron chi connectivity index (χ2n) is 3.98. The van der Waals surface area contributed by atoms with Crippen LogP contribution in [0.15, 0.2) is 23.0 Å². The lowest BCUT2D eigenvalue weighted by Crippen LogP contribution is -2.16. The van der Waals surface area contributed by atoms with Crippen LogP contribution in [0.2, 0.25) is 19.6 Å². The number of furan rings is 1. The first kappa shape index (κ1) is 10.1. The van der Waals surface area contributed by atoms with Crippen molar-refractivity contribution >= 4 is 8.07 Å². The fourth-order valence-electron chi connectivity index (χ4n) is 0.799. The number of hydrogen-bond acceptors (Lipinski definition) is 2. The summed E-state index contributed by atoms with van der Waals surface area (Å²) < 4.78 is 4.85. The Kier molecular flexibility index (Phi) is 2.97. The molecule has 0 saturated carbocycles. The molecule has 0 radical (unpaired) electrons. The van der Waals surface area contributed by atoms with Crippen molar-refractivity contribution in [2.75, 3.05) is 0 Å². The van der Waals surface area contributed by atoms with Crippen LogP contribution in [0.4, 0.5) is 0 Å². The van der Waals surface area contributed by atoms with Gasteiger partial charge in [0.2, 0.25) is 0 Å². The van der Waals surface area contributed by atoms with Crippen molar-refractivity contribution in [2.45, 2.75) is 25.7 Å². The Morgan fingerprint density at radius 1 is 1.46 bits per heavy atom. The van der Waals surface area contributed by atoms with E-state index in [2.05, 4.69) is 31.1 Å². The Bertz CT molecular complexity index is 311. The molecule has 0 aliphatic rings. The molecule has 13 heavy (non-hydrogen) atoms. The van der Waals surface area contributed by atoms with Gasteiger partial charge in [0.15, 0.2) is 0 Å². The molecule has 0 aliphatic heterocycles. The largest absolute Gasteiger partial charge is 0.472 e. The molecule has 1 heterocycles. The van der Waals surface area contributed by atoms with Crippen LogP contribution in [-0.4, -0.2) is 13.2 Å². The molecule has 1 rings (SSSR count). The van der Waals surface area contributed by atoms with Gasteiger partial charge in [0, 0.05) is 5.56 Å². The quantitative estimate of drug-likeness (QED) is 0.549. The van der Waals surface area contributed by atoms with Crippen LogP contribution in [0.3, 0.4) is 0 Å². The van der Waals surface area contributed by atoms with Crippen LogP contribution in [-0.2, 0) is 0 Å². The van der Waals surface area contributed by atoms with E-state index in [9.17, 15) is 5.11 Å². The number of aliphatic hydroxyl groups excluding tert-OH is 1. The summed E-state index contributed by atoms with van der Waals surface area (Å²) in [6.07, 6.45) is 2.35. The van der Waals surface area contributed by atoms with Crippen molar-refractivity contribution in [1.29, 1.82) is 0 Å². The minimum absolute atomic E-state index is 0.703. The van der Waals surface area contributed by atoms with E-state index in [1.165, 1.54) is 12.5 Å². The fraction of sp³-hybridized carbons (Fsp3) is 0.400. The maximum absolute atomic E-state index is 9.56. The highest BCUT2D eigenvalue weighted by Crippen LogP contribution is 2.11. The Hall–Kier alpha value is -0.983. The highest BCUT2D eigenvalue weighted by atomic mass is 28.3. The van der Waals surface area contributed by atoms with E-state index in [1.807, 2.05) is 0 Å². The molecule has 0 spiro atoms. The molecule has 0 saturated heterocycles. The van der Waals surface area contributed by atoms with Gasteiger partial charge >= 0.3 is 0 Å². The molecular weight excluding hydrogens is 180 g/mol. The maximum Gasteiger partial charge on any atom is 0.142 e. The summed E-state index contributed by atoms with van der Waals surface area (Å²) in [7, 11) is -1.38. The van der Waals surface area contributed by atoms with Crippen molar-refractivity contribution < 1.29 is 9.52 Å². The summed E-state index contributed by atoms with van der Waals surface area (Å²) in [4.78, 5) is 0. The lowest BCUT2D eigenvalue weighted by Gasteiger charge is -2.05. The van der Waals surface area contributed by atoms with E-state index in [4.69, 9.17) is 4.42 Å². The first-order valence-corrected chi connectivity index (χ1v) is 7.72. The van der Waals surface area contributed by atoms with Gasteiger partial charge in [-0.05, 0) is 6.07 Å². The molecule has 0 unspecified atom stereocenters. The molecule has 0 fully saturated rings. The first-order valence-electron chi connectivity index (χ1n) is 4.22. The standard InChI is InChI=1S/C10H14O2Si/c1-13(2,3)7-5-10(11)9-4-6-12-8-9/h4,6,8,10-11H,1-3H3/t10-/m1/s1. The zero-order chi connectivity index (χ0) is 9.90. The third-order valence-electron chi connectivity index (χ3n) is 1.44. The van der Waals surface area contributed by atoms with Crippen LogP contribution < -0.4 is 0 Å². The van der Waals surface area contributed by atoms with Gasteiger partial charge in [-0.25, -0.2) is 0 Å². The molecule has 0 amide bonds. The monoisotopic (exact) mass is 194 g/mol. The molecule has 0 bridgehead atoms. The van der Waals surface area contributed by atoms with E-state index >= 15 is 0 Å². The van der Waals surface area contributed by atoms with Crippen LogP contribution >= 0.6 is 0 Å². The summed E-state index contributed by atoms with van der Waals surface area (Å²) in [5, 5.41) is 9.56. The maximum atomic E-state index is 9.56. The second kappa shape index (κ2) is 3.82. The molecule has 3 heteroatoms. The van der Waals surface area contributed by atoms with Gasteiger partial charge in [0.05, 0.1) is 12.5 Å². The summed E-state index contributed by atoms with van der Waals surface area (Å²) >= 11 is 0. The van der Waals surface area contributed by atoms with Crippen LogP contribution in [0.5, 0.6) is 0 Å². The van der Waals surface area contributed by atoms with Crippen molar-refractivity contribution in [3.8, 4) is 11.5 Å². The first-order chi connectivity index (χ1) is 5.99. The lowest BCUT2D eigenvalue weighted by molar-refractivity contribution is 0.237. The molecule has 1 atom stereocenters. The van der Waals surface area contributed by atoms with Crippen molar-refractivity contribution in [3.63, 3.8) is 0 Å². The van der Waals surface area contributed by atoms with Crippen LogP contribution in [0.1, 0.15) is 11.7 Å². The normalized spacial score (nSPS) is 13.2. The predicted octanol–water partition coefficient (Wildman–Crippen LogP) is 2.19. The Morgan fingerprint density at radius 3 is 2.62 bits per heavy atom. The predicted molar refractivity (Wildman–Crippen MR) is 54.8 cm³/mol. The van der Waals surface area contributed by atoms with E-state index in [0.29, 0.717) is 0 Å². The van der Waals surface area contributed by atoms with Gasteiger partial charge in [-0.2, -0.15) is 0 Å². The average molecular weight is 194 g/mol. The zero-order valence-electron chi connectivity index (χ0n) is 8.16. The molecule has 70 valence electrons. The zero-order valence-corrected chi connectivity index (χ0v) is 9.16. The highest BCUT2D eigenvalue weighted by molar-refractivity contribution is 6.83. The average Bonchev–Trinajstić information content (AvgIpc) is 2.50. The highest BCUT2D eigenvalue weighted by Gasteiger charge is 2.09. The fourth-order valence-corrected chi connectivity index (χ4v) is 1.37. The van der Waals surface area contributed by atoms with Crippen LogP contribution in [0, 0.1) is 11.5 Å². The third kappa shape index (κ3) is 3.49. The van der Waals surface area contributed by atoms with Crippen LogP contribution in [0.25, 0.3) is 0 Å². The van der Waals surface area contributed by atoms with Gasteiger partial charge in [-0.1, -0.05) is 25.6 Å². The molecular formula is C10H14O2Si. The summed E-state index contributed by atoms with van der Waals surface area (Å²) in [6.45, 7) is 6.42. The smallest absolute Gasteiger partial charge is 0.142 e. The van der Waals surface area contributed by atoms with Crippen molar-refractivity contribution in [2.24, 2.45) is 0 Å². The third-order valence-corrected chi connectivity index (χ3v) is 2.34. The lowest BCUT2D eigenvalue weighted by atomic mass is 10.2. The molecule has 2 nitrogen and oxygen atoms in total. The number of hydrogen-bond donors (Lipinski definition) is 1. The molecule has 1 aromatic heterocycles. The molecule has 0 aromatic carbocycles. The molecule has 1 aromatic rings. The minimum atomic E-state index is -1.38. The number of rotatable bonds is 1. The summed E-state index contributed by atoms with van der Waals surface area (Å²) in [5.74, 6) is 2.83. The molecule has 1 N–H and O–H groups in total. The van der Waals surface area contributed by atoms with E-state index in [-0.39, 0.29) is 0 Å². The van der Waals surface area contributed by atoms with Crippen molar-refractivity contribution in [3.05, 3.63) is 24.2 Å². The molecule has 0 aliphatic carbocycles. The Labute approximate surface area is 79.6 Å². The van der Waals surface area contributed by atoms with Gasteiger partial charge in [0.1, 0.15) is 14.2 Å². The second-order valence-corrected chi connectivity index (χ2v) is 8.73. The van der Waals surface area contributed by atoms with E-state index in [0.717, 1.165) is 5.56 Å². The van der Waals surface area contributed by atoms with E-state index < -0.39 is 14.2 Å². The topological polar surface area (TPSA) is 33.4 Å². The van der Waals surface area contributed by atoms with Gasteiger partial charge < -0.3 is 9.52 Å². The van der Waals surface area contributed by atoms with Gasteiger partial charge in [0.25, 0.3) is 0 Å².